The monoisotopic (exact) mass is 414 g/mol. The van der Waals surface area contributed by atoms with Crippen LogP contribution in [0, 0.1) is 46.3 Å². The van der Waals surface area contributed by atoms with Crippen molar-refractivity contribution >= 4 is 7.60 Å². The zero-order chi connectivity index (χ0) is 20.5. The molecule has 4 aliphatic carbocycles. The van der Waals surface area contributed by atoms with Crippen molar-refractivity contribution in [3.63, 3.8) is 0 Å². The van der Waals surface area contributed by atoms with E-state index in [0.29, 0.717) is 42.4 Å². The number of aliphatic hydroxyl groups is 1. The summed E-state index contributed by atoms with van der Waals surface area (Å²) in [5.41, 5.74) is 0.0836. The van der Waals surface area contributed by atoms with Crippen LogP contribution in [0.1, 0.15) is 72.1 Å². The molecule has 0 radical (unpaired) electrons. The van der Waals surface area contributed by atoms with Gasteiger partial charge in [0.1, 0.15) is 5.83 Å². The second-order valence-electron chi connectivity index (χ2n) is 10.7. The number of allylic oxidation sites excluding steroid dienone is 2. The molecule has 8 atom stereocenters. The Bertz CT molecular complexity index is 717. The average Bonchev–Trinajstić information content (AvgIpc) is 2.97. The van der Waals surface area contributed by atoms with Crippen molar-refractivity contribution in [3.8, 4) is 0 Å². The third-order valence-electron chi connectivity index (χ3n) is 9.75. The molecular weight excluding hydrogens is 378 g/mol. The lowest BCUT2D eigenvalue weighted by molar-refractivity contribution is -0.104. The standard InChI is InChI=1S/C22H36FO4P/c1-13(12-24)15-6-7-16-14-4-5-18-20(23)19(28(25,26)27)9-11-22(18,3)17(14)8-10-21(15,16)2/h13-18,24H,4-12H2,1-3H3,(H2,25,26,27)/t13?,14-,15+,16-,17-,18-,21+,22+/m0/s1. The first-order valence-electron chi connectivity index (χ1n) is 11.1. The average molecular weight is 414 g/mol. The van der Waals surface area contributed by atoms with E-state index >= 15 is 4.39 Å². The van der Waals surface area contributed by atoms with Crippen LogP contribution in [0.2, 0.25) is 0 Å². The number of fused-ring (bicyclic) bond motifs is 5. The van der Waals surface area contributed by atoms with Gasteiger partial charge in [0.25, 0.3) is 0 Å². The highest BCUT2D eigenvalue weighted by atomic mass is 31.2. The zero-order valence-corrected chi connectivity index (χ0v) is 18.3. The van der Waals surface area contributed by atoms with Crippen molar-refractivity contribution < 1.29 is 23.8 Å². The largest absolute Gasteiger partial charge is 0.396 e. The van der Waals surface area contributed by atoms with Gasteiger partial charge in [-0.05, 0) is 91.8 Å². The molecule has 0 aromatic carbocycles. The summed E-state index contributed by atoms with van der Waals surface area (Å²) < 4.78 is 27.0. The molecule has 3 fully saturated rings. The molecule has 0 heterocycles. The topological polar surface area (TPSA) is 77.8 Å². The SMILES string of the molecule is CC(CO)[C@H]1CC[C@H]2[C@@H]3CC[C@H]4C(F)=C(P(=O)(O)O)CC[C@]4(C)[C@H]3CC[C@]12C. The summed E-state index contributed by atoms with van der Waals surface area (Å²) in [7, 11) is -4.50. The maximum absolute atomic E-state index is 15.2. The van der Waals surface area contributed by atoms with Gasteiger partial charge in [0.15, 0.2) is 0 Å². The van der Waals surface area contributed by atoms with E-state index in [1.54, 1.807) is 0 Å². The van der Waals surface area contributed by atoms with Crippen LogP contribution in [0.5, 0.6) is 0 Å². The second-order valence-corrected chi connectivity index (χ2v) is 12.4. The van der Waals surface area contributed by atoms with Crippen LogP contribution in [0.25, 0.3) is 0 Å². The molecule has 0 spiro atoms. The molecule has 6 heteroatoms. The summed E-state index contributed by atoms with van der Waals surface area (Å²) in [6.07, 6.45) is 7.16. The summed E-state index contributed by atoms with van der Waals surface area (Å²) in [5.74, 6) is 1.74. The lowest BCUT2D eigenvalue weighted by Crippen LogP contribution is -2.53. The molecule has 0 saturated heterocycles. The molecule has 4 nitrogen and oxygen atoms in total. The van der Waals surface area contributed by atoms with Crippen molar-refractivity contribution in [3.05, 3.63) is 11.1 Å². The Kier molecular flexibility index (Phi) is 5.18. The number of rotatable bonds is 3. The summed E-state index contributed by atoms with van der Waals surface area (Å²) >= 11 is 0. The molecule has 0 bridgehead atoms. The molecular formula is C22H36FO4P. The van der Waals surface area contributed by atoms with Gasteiger partial charge >= 0.3 is 7.60 Å². The van der Waals surface area contributed by atoms with Crippen molar-refractivity contribution in [2.75, 3.05) is 6.61 Å². The van der Waals surface area contributed by atoms with Gasteiger partial charge in [-0.25, -0.2) is 4.39 Å². The summed E-state index contributed by atoms with van der Waals surface area (Å²) in [4.78, 5) is 19.1. The summed E-state index contributed by atoms with van der Waals surface area (Å²) in [6, 6.07) is 0. The molecule has 0 amide bonds. The molecule has 0 aliphatic heterocycles. The third kappa shape index (κ3) is 2.91. The van der Waals surface area contributed by atoms with Gasteiger partial charge in [0.2, 0.25) is 0 Å². The van der Waals surface area contributed by atoms with Gasteiger partial charge in [0, 0.05) is 12.5 Å². The van der Waals surface area contributed by atoms with Gasteiger partial charge in [-0.15, -0.1) is 0 Å². The Morgan fingerprint density at radius 3 is 2.39 bits per heavy atom. The molecule has 160 valence electrons. The molecule has 3 saturated carbocycles. The Balaban J connectivity index is 1.63. The molecule has 4 rings (SSSR count). The van der Waals surface area contributed by atoms with E-state index < -0.39 is 13.4 Å². The Labute approximate surface area is 168 Å². The van der Waals surface area contributed by atoms with Crippen molar-refractivity contribution in [2.45, 2.75) is 72.1 Å². The fourth-order valence-electron chi connectivity index (χ4n) is 8.33. The number of halogens is 1. The Morgan fingerprint density at radius 2 is 1.75 bits per heavy atom. The number of hydrogen-bond donors (Lipinski definition) is 3. The van der Waals surface area contributed by atoms with Crippen LogP contribution in [0.3, 0.4) is 0 Å². The van der Waals surface area contributed by atoms with E-state index in [2.05, 4.69) is 20.8 Å². The van der Waals surface area contributed by atoms with Crippen molar-refractivity contribution in [2.24, 2.45) is 46.3 Å². The molecule has 0 aromatic heterocycles. The number of hydrogen-bond acceptors (Lipinski definition) is 2. The van der Waals surface area contributed by atoms with E-state index in [9.17, 15) is 19.5 Å². The van der Waals surface area contributed by atoms with Crippen LogP contribution in [0.4, 0.5) is 4.39 Å². The van der Waals surface area contributed by atoms with Crippen LogP contribution < -0.4 is 0 Å². The predicted octanol–water partition coefficient (Wildman–Crippen LogP) is 5.24. The Hall–Kier alpha value is -0.220. The highest BCUT2D eigenvalue weighted by molar-refractivity contribution is 7.56. The normalized spacial score (nSPS) is 47.3. The highest BCUT2D eigenvalue weighted by Gasteiger charge is 2.61. The highest BCUT2D eigenvalue weighted by Crippen LogP contribution is 2.70. The van der Waals surface area contributed by atoms with Gasteiger partial charge in [-0.3, -0.25) is 4.57 Å². The first-order valence-corrected chi connectivity index (χ1v) is 12.7. The minimum Gasteiger partial charge on any atom is -0.396 e. The smallest absolute Gasteiger partial charge is 0.354 e. The molecule has 4 aliphatic rings. The molecule has 28 heavy (non-hydrogen) atoms. The zero-order valence-electron chi connectivity index (χ0n) is 17.4. The van der Waals surface area contributed by atoms with Crippen molar-refractivity contribution in [1.82, 2.24) is 0 Å². The molecule has 3 N–H and O–H groups in total. The van der Waals surface area contributed by atoms with Gasteiger partial charge < -0.3 is 14.9 Å². The minimum absolute atomic E-state index is 0.187. The fourth-order valence-corrected chi connectivity index (χ4v) is 9.16. The van der Waals surface area contributed by atoms with E-state index in [1.165, 1.54) is 12.8 Å². The predicted molar refractivity (Wildman–Crippen MR) is 107 cm³/mol. The van der Waals surface area contributed by atoms with E-state index in [1.807, 2.05) is 0 Å². The second kappa shape index (κ2) is 6.90. The fraction of sp³-hybridized carbons (Fsp3) is 0.909. The van der Waals surface area contributed by atoms with Crippen molar-refractivity contribution in [1.29, 1.82) is 0 Å². The minimum atomic E-state index is -4.50. The lowest BCUT2D eigenvalue weighted by atomic mass is 9.45. The lowest BCUT2D eigenvalue weighted by Gasteiger charge is -2.60. The van der Waals surface area contributed by atoms with E-state index in [0.717, 1.165) is 19.3 Å². The van der Waals surface area contributed by atoms with E-state index in [4.69, 9.17) is 0 Å². The summed E-state index contributed by atoms with van der Waals surface area (Å²) in [5, 5.41) is 9.51. The Morgan fingerprint density at radius 1 is 1.07 bits per heavy atom. The third-order valence-corrected chi connectivity index (χ3v) is 10.9. The summed E-state index contributed by atoms with van der Waals surface area (Å²) in [6.45, 7) is 7.05. The van der Waals surface area contributed by atoms with E-state index in [-0.39, 0.29) is 35.1 Å². The van der Waals surface area contributed by atoms with Crippen LogP contribution in [-0.2, 0) is 4.57 Å². The molecule has 0 aromatic rings. The maximum Gasteiger partial charge on any atom is 0.354 e. The van der Waals surface area contributed by atoms with Gasteiger partial charge in [-0.1, -0.05) is 20.8 Å². The van der Waals surface area contributed by atoms with Gasteiger partial charge in [0.05, 0.1) is 5.31 Å². The van der Waals surface area contributed by atoms with Crippen LogP contribution in [0.15, 0.2) is 11.1 Å². The maximum atomic E-state index is 15.2. The first kappa shape index (κ1) is 21.0. The van der Waals surface area contributed by atoms with Crippen LogP contribution >= 0.6 is 7.60 Å². The molecule has 1 unspecified atom stereocenters. The van der Waals surface area contributed by atoms with Crippen LogP contribution in [-0.4, -0.2) is 21.5 Å². The number of aliphatic hydroxyl groups excluding tert-OH is 1. The first-order chi connectivity index (χ1) is 13.0. The quantitative estimate of drug-likeness (QED) is 0.552. The van der Waals surface area contributed by atoms with Gasteiger partial charge in [-0.2, -0.15) is 0 Å².